The van der Waals surface area contributed by atoms with Crippen LogP contribution in [0.25, 0.3) is 0 Å². The van der Waals surface area contributed by atoms with Gasteiger partial charge >= 0.3 is 0 Å². The van der Waals surface area contributed by atoms with Gasteiger partial charge in [0.1, 0.15) is 0 Å². The molecule has 2 fully saturated rings. The van der Waals surface area contributed by atoms with Crippen LogP contribution in [-0.2, 0) is 4.79 Å². The molecule has 2 aliphatic rings. The molecule has 1 heterocycles. The molecule has 3 nitrogen and oxygen atoms in total. The minimum atomic E-state index is 0.0291. The fraction of sp³-hybridized carbons (Fsp3) is 0.938. The van der Waals surface area contributed by atoms with E-state index in [9.17, 15) is 4.79 Å². The van der Waals surface area contributed by atoms with Gasteiger partial charge in [0, 0.05) is 11.3 Å². The van der Waals surface area contributed by atoms with Crippen LogP contribution in [-0.4, -0.2) is 40.6 Å². The summed E-state index contributed by atoms with van der Waals surface area (Å²) >= 11 is 1.96. The Balaban J connectivity index is 2.09. The Morgan fingerprint density at radius 1 is 1.35 bits per heavy atom. The number of thioether (sulfide) groups is 1. The van der Waals surface area contributed by atoms with E-state index < -0.39 is 0 Å². The van der Waals surface area contributed by atoms with Gasteiger partial charge in [-0.25, -0.2) is 0 Å². The van der Waals surface area contributed by atoms with E-state index in [0.717, 1.165) is 13.0 Å². The summed E-state index contributed by atoms with van der Waals surface area (Å²) in [6.45, 7) is 9.73. The van der Waals surface area contributed by atoms with Crippen molar-refractivity contribution < 1.29 is 4.79 Å². The smallest absolute Gasteiger partial charge is 0.241 e. The molecule has 0 aromatic carbocycles. The number of carbonyl (C=O) groups excluding carboxylic acids is 1. The molecule has 1 saturated heterocycles. The number of carbonyl (C=O) groups is 1. The molecule has 2 unspecified atom stereocenters. The SMILES string of the molecule is CSC1(CN2C(=O)C(CC(C)C)NC2C(C)C)CCC1. The normalized spacial score (nSPS) is 29.4. The quantitative estimate of drug-likeness (QED) is 0.818. The van der Waals surface area contributed by atoms with Crippen LogP contribution in [0.2, 0.25) is 0 Å². The van der Waals surface area contributed by atoms with Gasteiger partial charge in [0.2, 0.25) is 5.91 Å². The predicted octanol–water partition coefficient (Wildman–Crippen LogP) is 3.10. The molecule has 0 spiro atoms. The first-order chi connectivity index (χ1) is 9.38. The highest BCUT2D eigenvalue weighted by molar-refractivity contribution is 8.00. The molecule has 116 valence electrons. The maximum Gasteiger partial charge on any atom is 0.241 e. The lowest BCUT2D eigenvalue weighted by molar-refractivity contribution is -0.131. The zero-order chi connectivity index (χ0) is 14.9. The summed E-state index contributed by atoms with van der Waals surface area (Å²) in [5.74, 6) is 1.36. The van der Waals surface area contributed by atoms with Gasteiger partial charge in [-0.15, -0.1) is 0 Å². The van der Waals surface area contributed by atoms with Gasteiger partial charge in [0.15, 0.2) is 0 Å². The van der Waals surface area contributed by atoms with Gasteiger partial charge < -0.3 is 4.90 Å². The highest BCUT2D eigenvalue weighted by Crippen LogP contribution is 2.44. The molecule has 1 saturated carbocycles. The number of nitrogens with one attached hydrogen (secondary N) is 1. The van der Waals surface area contributed by atoms with E-state index in [1.54, 1.807) is 0 Å². The molecule has 4 heteroatoms. The summed E-state index contributed by atoms with van der Waals surface area (Å²) in [7, 11) is 0. The van der Waals surface area contributed by atoms with Crippen molar-refractivity contribution in [2.75, 3.05) is 12.8 Å². The highest BCUT2D eigenvalue weighted by atomic mass is 32.2. The lowest BCUT2D eigenvalue weighted by atomic mass is 9.83. The maximum atomic E-state index is 12.7. The number of amides is 1. The molecule has 1 aliphatic carbocycles. The standard InChI is InChI=1S/C16H30N2OS/c1-11(2)9-13-15(19)18(14(17-13)12(3)4)10-16(20-5)7-6-8-16/h11-14,17H,6-10H2,1-5H3. The monoisotopic (exact) mass is 298 g/mol. The van der Waals surface area contributed by atoms with Crippen LogP contribution < -0.4 is 5.32 Å². The predicted molar refractivity (Wildman–Crippen MR) is 86.8 cm³/mol. The molecule has 1 aliphatic heterocycles. The van der Waals surface area contributed by atoms with E-state index in [4.69, 9.17) is 0 Å². The van der Waals surface area contributed by atoms with Gasteiger partial charge in [-0.2, -0.15) is 11.8 Å². The molecule has 20 heavy (non-hydrogen) atoms. The topological polar surface area (TPSA) is 32.3 Å². The molecular formula is C16H30N2OS. The van der Waals surface area contributed by atoms with Crippen molar-refractivity contribution in [3.8, 4) is 0 Å². The third-order valence-corrected chi connectivity index (χ3v) is 6.19. The zero-order valence-electron chi connectivity index (χ0n) is 13.6. The molecule has 0 aromatic heterocycles. The van der Waals surface area contributed by atoms with Gasteiger partial charge in [0.25, 0.3) is 0 Å². The second-order valence-electron chi connectivity index (χ2n) is 7.24. The van der Waals surface area contributed by atoms with Crippen molar-refractivity contribution in [1.82, 2.24) is 10.2 Å². The number of rotatable bonds is 6. The Bertz CT molecular complexity index is 347. The Morgan fingerprint density at radius 2 is 2.00 bits per heavy atom. The first-order valence-electron chi connectivity index (χ1n) is 8.00. The lowest BCUT2D eigenvalue weighted by Crippen LogP contribution is -2.51. The van der Waals surface area contributed by atoms with Crippen molar-refractivity contribution in [2.24, 2.45) is 11.8 Å². The van der Waals surface area contributed by atoms with Crippen LogP contribution in [0.5, 0.6) is 0 Å². The molecule has 0 radical (unpaired) electrons. The molecule has 1 N–H and O–H groups in total. The van der Waals surface area contributed by atoms with Crippen LogP contribution in [0.3, 0.4) is 0 Å². The average molecular weight is 298 g/mol. The summed E-state index contributed by atoms with van der Waals surface area (Å²) in [4.78, 5) is 14.9. The molecular weight excluding hydrogens is 268 g/mol. The van der Waals surface area contributed by atoms with E-state index in [0.29, 0.717) is 22.5 Å². The average Bonchev–Trinajstić information content (AvgIpc) is 2.61. The van der Waals surface area contributed by atoms with E-state index in [2.05, 4.69) is 44.2 Å². The minimum Gasteiger partial charge on any atom is -0.324 e. The first-order valence-corrected chi connectivity index (χ1v) is 9.23. The van der Waals surface area contributed by atoms with Gasteiger partial charge in [-0.1, -0.05) is 34.1 Å². The Kier molecular flexibility index (Phi) is 5.06. The van der Waals surface area contributed by atoms with Gasteiger partial charge in [0.05, 0.1) is 12.2 Å². The Hall–Kier alpha value is -0.220. The summed E-state index contributed by atoms with van der Waals surface area (Å²) in [6.07, 6.45) is 7.21. The molecule has 2 atom stereocenters. The fourth-order valence-electron chi connectivity index (χ4n) is 3.38. The van der Waals surface area contributed by atoms with E-state index in [1.807, 2.05) is 11.8 Å². The summed E-state index contributed by atoms with van der Waals surface area (Å²) < 4.78 is 0.331. The van der Waals surface area contributed by atoms with Crippen molar-refractivity contribution >= 4 is 17.7 Å². The van der Waals surface area contributed by atoms with E-state index in [-0.39, 0.29) is 12.2 Å². The number of hydrogen-bond acceptors (Lipinski definition) is 3. The van der Waals surface area contributed by atoms with Crippen molar-refractivity contribution in [3.05, 3.63) is 0 Å². The number of nitrogens with zero attached hydrogens (tertiary/aromatic N) is 1. The first kappa shape index (κ1) is 16.2. The minimum absolute atomic E-state index is 0.0291. The molecule has 0 bridgehead atoms. The molecule has 2 rings (SSSR count). The van der Waals surface area contributed by atoms with Crippen LogP contribution in [0, 0.1) is 11.8 Å². The van der Waals surface area contributed by atoms with E-state index >= 15 is 0 Å². The van der Waals surface area contributed by atoms with Crippen molar-refractivity contribution in [2.45, 2.75) is 70.3 Å². The van der Waals surface area contributed by atoms with Gasteiger partial charge in [-0.3, -0.25) is 10.1 Å². The van der Waals surface area contributed by atoms with Crippen molar-refractivity contribution in [1.29, 1.82) is 0 Å². The largest absolute Gasteiger partial charge is 0.324 e. The Morgan fingerprint density at radius 3 is 2.40 bits per heavy atom. The lowest BCUT2D eigenvalue weighted by Gasteiger charge is -2.44. The van der Waals surface area contributed by atoms with Crippen LogP contribution >= 0.6 is 11.8 Å². The summed E-state index contributed by atoms with van der Waals surface area (Å²) in [5.41, 5.74) is 0. The number of hydrogen-bond donors (Lipinski definition) is 1. The third-order valence-electron chi connectivity index (χ3n) is 4.78. The van der Waals surface area contributed by atoms with Crippen LogP contribution in [0.1, 0.15) is 53.4 Å². The Labute approximate surface area is 128 Å². The van der Waals surface area contributed by atoms with E-state index in [1.165, 1.54) is 19.3 Å². The molecule has 0 aromatic rings. The van der Waals surface area contributed by atoms with Crippen LogP contribution in [0.15, 0.2) is 0 Å². The third kappa shape index (κ3) is 3.16. The van der Waals surface area contributed by atoms with Crippen molar-refractivity contribution in [3.63, 3.8) is 0 Å². The highest BCUT2D eigenvalue weighted by Gasteiger charge is 2.46. The van der Waals surface area contributed by atoms with Crippen LogP contribution in [0.4, 0.5) is 0 Å². The summed E-state index contributed by atoms with van der Waals surface area (Å²) in [5, 5.41) is 3.58. The maximum absolute atomic E-state index is 12.7. The summed E-state index contributed by atoms with van der Waals surface area (Å²) in [6, 6.07) is 0.0291. The molecule has 1 amide bonds. The second-order valence-corrected chi connectivity index (χ2v) is 8.52. The van der Waals surface area contributed by atoms with Gasteiger partial charge in [-0.05, 0) is 37.4 Å². The second kappa shape index (κ2) is 6.27. The fourth-order valence-corrected chi connectivity index (χ4v) is 4.35. The zero-order valence-corrected chi connectivity index (χ0v) is 14.4.